The van der Waals surface area contributed by atoms with Gasteiger partial charge in [-0.1, -0.05) is 25.1 Å². The van der Waals surface area contributed by atoms with Gasteiger partial charge in [0.15, 0.2) is 0 Å². The summed E-state index contributed by atoms with van der Waals surface area (Å²) in [5, 5.41) is 12.2. The van der Waals surface area contributed by atoms with Crippen LogP contribution in [0, 0.1) is 0 Å². The van der Waals surface area contributed by atoms with Gasteiger partial charge in [-0.05, 0) is 25.5 Å². The number of nitrogens with one attached hydrogen (secondary N) is 1. The molecule has 1 aromatic rings. The van der Waals surface area contributed by atoms with Gasteiger partial charge in [0.1, 0.15) is 0 Å². The first-order valence-corrected chi connectivity index (χ1v) is 5.92. The fraction of sp³-hybridized carbons (Fsp3) is 0.462. The minimum Gasteiger partial charge on any atom is -0.392 e. The Hall–Kier alpha value is -1.55. The number of aliphatic hydroxyl groups excluding tert-OH is 1. The van der Waals surface area contributed by atoms with Crippen LogP contribution in [0.1, 0.15) is 20.3 Å². The Morgan fingerprint density at radius 1 is 1.41 bits per heavy atom. The number of carbonyl (C=O) groups excluding carboxylic acids is 1. The van der Waals surface area contributed by atoms with Gasteiger partial charge in [-0.25, -0.2) is 4.79 Å². The molecule has 17 heavy (non-hydrogen) atoms. The summed E-state index contributed by atoms with van der Waals surface area (Å²) in [4.78, 5) is 13.6. The lowest BCUT2D eigenvalue weighted by Gasteiger charge is -2.23. The van der Waals surface area contributed by atoms with Crippen molar-refractivity contribution in [3.8, 4) is 0 Å². The lowest BCUT2D eigenvalue weighted by atomic mass is 10.3. The van der Waals surface area contributed by atoms with Crippen LogP contribution in [-0.4, -0.2) is 35.2 Å². The van der Waals surface area contributed by atoms with E-state index >= 15 is 0 Å². The summed E-state index contributed by atoms with van der Waals surface area (Å²) < 4.78 is 0. The van der Waals surface area contributed by atoms with Gasteiger partial charge < -0.3 is 15.3 Å². The average molecular weight is 236 g/mol. The molecule has 0 saturated carbocycles. The summed E-state index contributed by atoms with van der Waals surface area (Å²) in [5.41, 5.74) is 0.768. The van der Waals surface area contributed by atoms with Crippen LogP contribution in [0.25, 0.3) is 0 Å². The molecule has 0 saturated heterocycles. The minimum absolute atomic E-state index is 0.168. The Kier molecular flexibility index (Phi) is 5.49. The van der Waals surface area contributed by atoms with E-state index < -0.39 is 6.10 Å². The second kappa shape index (κ2) is 6.91. The van der Waals surface area contributed by atoms with Gasteiger partial charge in [-0.3, -0.25) is 0 Å². The Morgan fingerprint density at radius 3 is 2.59 bits per heavy atom. The highest BCUT2D eigenvalue weighted by molar-refractivity contribution is 5.89. The van der Waals surface area contributed by atoms with Crippen LogP contribution in [0.15, 0.2) is 30.3 Å². The van der Waals surface area contributed by atoms with Crippen LogP contribution >= 0.6 is 0 Å². The number of aliphatic hydroxyl groups is 1. The number of para-hydroxylation sites is 1. The summed E-state index contributed by atoms with van der Waals surface area (Å²) >= 11 is 0. The number of hydrogen-bond acceptors (Lipinski definition) is 2. The monoisotopic (exact) mass is 236 g/mol. The van der Waals surface area contributed by atoms with Crippen molar-refractivity contribution in [2.24, 2.45) is 0 Å². The van der Waals surface area contributed by atoms with E-state index in [0.717, 1.165) is 12.1 Å². The molecule has 0 spiro atoms. The standard InChI is InChI=1S/C13H20N2O2/c1-3-9-15(10-11(2)16)13(17)14-12-7-5-4-6-8-12/h4-8,11,16H,3,9-10H2,1-2H3,(H,14,17). The predicted molar refractivity (Wildman–Crippen MR) is 69.0 cm³/mol. The summed E-state index contributed by atoms with van der Waals surface area (Å²) in [6.45, 7) is 4.68. The maximum atomic E-state index is 11.9. The maximum Gasteiger partial charge on any atom is 0.321 e. The van der Waals surface area contributed by atoms with Crippen LogP contribution in [0.3, 0.4) is 0 Å². The first kappa shape index (κ1) is 13.5. The molecule has 1 aromatic carbocycles. The molecule has 1 rings (SSSR count). The molecule has 0 heterocycles. The predicted octanol–water partition coefficient (Wildman–Crippen LogP) is 2.31. The summed E-state index contributed by atoms with van der Waals surface area (Å²) in [7, 11) is 0. The molecule has 4 heteroatoms. The van der Waals surface area contributed by atoms with Gasteiger partial charge in [0.05, 0.1) is 6.10 Å². The van der Waals surface area contributed by atoms with Crippen LogP contribution in [0.5, 0.6) is 0 Å². The summed E-state index contributed by atoms with van der Waals surface area (Å²) in [5.74, 6) is 0. The molecule has 1 unspecified atom stereocenters. The molecule has 0 aliphatic rings. The quantitative estimate of drug-likeness (QED) is 0.824. The molecule has 0 bridgehead atoms. The van der Waals surface area contributed by atoms with E-state index in [2.05, 4.69) is 5.32 Å². The van der Waals surface area contributed by atoms with Crippen molar-refractivity contribution >= 4 is 11.7 Å². The van der Waals surface area contributed by atoms with Crippen LogP contribution in [0.2, 0.25) is 0 Å². The first-order chi connectivity index (χ1) is 8.13. The third-order valence-electron chi connectivity index (χ3n) is 2.29. The lowest BCUT2D eigenvalue weighted by Crippen LogP contribution is -2.39. The molecule has 2 amide bonds. The van der Waals surface area contributed by atoms with E-state index in [4.69, 9.17) is 0 Å². The summed E-state index contributed by atoms with van der Waals surface area (Å²) in [6, 6.07) is 9.14. The molecule has 0 aliphatic heterocycles. The zero-order valence-electron chi connectivity index (χ0n) is 10.4. The van der Waals surface area contributed by atoms with Crippen molar-refractivity contribution in [3.63, 3.8) is 0 Å². The zero-order chi connectivity index (χ0) is 12.7. The fourth-order valence-corrected chi connectivity index (χ4v) is 1.59. The summed E-state index contributed by atoms with van der Waals surface area (Å²) in [6.07, 6.45) is 0.359. The van der Waals surface area contributed by atoms with E-state index in [-0.39, 0.29) is 6.03 Å². The van der Waals surface area contributed by atoms with Crippen LogP contribution in [-0.2, 0) is 0 Å². The average Bonchev–Trinajstić information content (AvgIpc) is 2.29. The molecule has 94 valence electrons. The van der Waals surface area contributed by atoms with Gasteiger partial charge in [-0.15, -0.1) is 0 Å². The SMILES string of the molecule is CCCN(CC(C)O)C(=O)Nc1ccccc1. The number of nitrogens with zero attached hydrogens (tertiary/aromatic N) is 1. The van der Waals surface area contributed by atoms with Crippen molar-refractivity contribution in [3.05, 3.63) is 30.3 Å². The van der Waals surface area contributed by atoms with Gasteiger partial charge in [0, 0.05) is 18.8 Å². The van der Waals surface area contributed by atoms with Crippen LogP contribution in [0.4, 0.5) is 10.5 Å². The third-order valence-corrected chi connectivity index (χ3v) is 2.29. The number of urea groups is 1. The van der Waals surface area contributed by atoms with Crippen molar-refractivity contribution < 1.29 is 9.90 Å². The smallest absolute Gasteiger partial charge is 0.321 e. The normalized spacial score (nSPS) is 11.9. The van der Waals surface area contributed by atoms with Crippen molar-refractivity contribution in [1.82, 2.24) is 4.90 Å². The van der Waals surface area contributed by atoms with Crippen molar-refractivity contribution in [2.45, 2.75) is 26.4 Å². The van der Waals surface area contributed by atoms with Gasteiger partial charge >= 0.3 is 6.03 Å². The fourth-order valence-electron chi connectivity index (χ4n) is 1.59. The molecule has 1 atom stereocenters. The van der Waals surface area contributed by atoms with E-state index in [0.29, 0.717) is 13.1 Å². The second-order valence-electron chi connectivity index (χ2n) is 4.09. The number of hydrogen-bond donors (Lipinski definition) is 2. The highest BCUT2D eigenvalue weighted by atomic mass is 16.3. The van der Waals surface area contributed by atoms with Crippen molar-refractivity contribution in [2.75, 3.05) is 18.4 Å². The van der Waals surface area contributed by atoms with E-state index in [1.165, 1.54) is 0 Å². The number of carbonyl (C=O) groups is 1. The molecule has 2 N–H and O–H groups in total. The highest BCUT2D eigenvalue weighted by Gasteiger charge is 2.14. The Morgan fingerprint density at radius 2 is 2.06 bits per heavy atom. The van der Waals surface area contributed by atoms with E-state index in [1.807, 2.05) is 37.3 Å². The van der Waals surface area contributed by atoms with E-state index in [9.17, 15) is 9.90 Å². The van der Waals surface area contributed by atoms with Gasteiger partial charge in [0.2, 0.25) is 0 Å². The maximum absolute atomic E-state index is 11.9. The van der Waals surface area contributed by atoms with Crippen LogP contribution < -0.4 is 5.32 Å². The lowest BCUT2D eigenvalue weighted by molar-refractivity contribution is 0.138. The van der Waals surface area contributed by atoms with E-state index in [1.54, 1.807) is 11.8 Å². The topological polar surface area (TPSA) is 52.6 Å². The minimum atomic E-state index is -0.511. The highest BCUT2D eigenvalue weighted by Crippen LogP contribution is 2.07. The van der Waals surface area contributed by atoms with Crippen molar-refractivity contribution in [1.29, 1.82) is 0 Å². The Bertz CT molecular complexity index is 339. The molecular weight excluding hydrogens is 216 g/mol. The molecule has 0 fully saturated rings. The molecule has 0 aromatic heterocycles. The molecule has 0 radical (unpaired) electrons. The largest absolute Gasteiger partial charge is 0.392 e. The Labute approximate surface area is 102 Å². The first-order valence-electron chi connectivity index (χ1n) is 5.92. The van der Waals surface area contributed by atoms with Gasteiger partial charge in [0.25, 0.3) is 0 Å². The second-order valence-corrected chi connectivity index (χ2v) is 4.09. The number of rotatable bonds is 5. The third kappa shape index (κ3) is 4.87. The number of amides is 2. The molecular formula is C13H20N2O2. The molecule has 4 nitrogen and oxygen atoms in total. The number of anilines is 1. The van der Waals surface area contributed by atoms with Gasteiger partial charge in [-0.2, -0.15) is 0 Å². The molecule has 0 aliphatic carbocycles. The zero-order valence-corrected chi connectivity index (χ0v) is 10.4. The Balaban J connectivity index is 2.59. The number of benzene rings is 1.